The van der Waals surface area contributed by atoms with Gasteiger partial charge in [0.25, 0.3) is 5.56 Å². The minimum atomic E-state index is -4.27. The van der Waals surface area contributed by atoms with Crippen LogP contribution in [0.3, 0.4) is 0 Å². The molecule has 0 unspecified atom stereocenters. The van der Waals surface area contributed by atoms with Crippen LogP contribution in [0.5, 0.6) is 0 Å². The number of benzene rings is 1. The number of alkyl halides is 3. The number of carbonyl (C=O) groups is 1. The van der Waals surface area contributed by atoms with Crippen LogP contribution < -0.4 is 16.6 Å². The zero-order valence-electron chi connectivity index (χ0n) is 13.8. The van der Waals surface area contributed by atoms with Crippen LogP contribution in [0.15, 0.2) is 33.9 Å². The van der Waals surface area contributed by atoms with E-state index in [1.54, 1.807) is 18.2 Å². The number of nitrogens with one attached hydrogen (secondary N) is 2. The van der Waals surface area contributed by atoms with Crippen molar-refractivity contribution in [2.24, 2.45) is 5.92 Å². The fraction of sp³-hybridized carbons (Fsp3) is 0.471. The van der Waals surface area contributed by atoms with Gasteiger partial charge in [0.1, 0.15) is 6.54 Å². The normalized spacial score (nSPS) is 20.9. The number of hydrogen-bond donors (Lipinski definition) is 2. The molecule has 26 heavy (non-hydrogen) atoms. The first-order valence-corrected chi connectivity index (χ1v) is 8.33. The minimum Gasteiger partial charge on any atom is -0.352 e. The van der Waals surface area contributed by atoms with Crippen LogP contribution in [-0.4, -0.2) is 27.7 Å². The number of nitrogens with zero attached hydrogens (tertiary/aromatic N) is 1. The summed E-state index contributed by atoms with van der Waals surface area (Å²) < 4.78 is 39.7. The first kappa shape index (κ1) is 18.2. The van der Waals surface area contributed by atoms with Crippen LogP contribution in [0.25, 0.3) is 10.9 Å². The molecular weight excluding hydrogens is 351 g/mol. The van der Waals surface area contributed by atoms with Crippen molar-refractivity contribution in [3.63, 3.8) is 0 Å². The predicted octanol–water partition coefficient (Wildman–Crippen LogP) is 1.93. The highest BCUT2D eigenvalue weighted by molar-refractivity contribution is 5.81. The summed E-state index contributed by atoms with van der Waals surface area (Å²) in [5.41, 5.74) is -0.989. The Balaban J connectivity index is 1.76. The molecule has 2 aromatic rings. The highest BCUT2D eigenvalue weighted by Crippen LogP contribution is 2.37. The molecule has 1 fully saturated rings. The van der Waals surface area contributed by atoms with Crippen LogP contribution in [0, 0.1) is 5.92 Å². The van der Waals surface area contributed by atoms with Gasteiger partial charge in [-0.2, -0.15) is 13.2 Å². The summed E-state index contributed by atoms with van der Waals surface area (Å²) in [6.07, 6.45) is -3.50. The number of H-pyrrole nitrogens is 1. The predicted molar refractivity (Wildman–Crippen MR) is 88.8 cm³/mol. The number of aromatic amines is 1. The van der Waals surface area contributed by atoms with Gasteiger partial charge in [-0.05, 0) is 31.4 Å². The number of para-hydroxylation sites is 1. The van der Waals surface area contributed by atoms with Crippen LogP contribution in [0.2, 0.25) is 0 Å². The third-order valence-corrected chi connectivity index (χ3v) is 4.71. The number of fused-ring (bicyclic) bond motifs is 1. The molecular formula is C17H18F3N3O3. The number of amides is 1. The molecule has 0 saturated heterocycles. The van der Waals surface area contributed by atoms with E-state index in [-0.39, 0.29) is 24.8 Å². The second-order valence-electron chi connectivity index (χ2n) is 6.53. The molecule has 3 rings (SSSR count). The van der Waals surface area contributed by atoms with Crippen molar-refractivity contribution in [3.8, 4) is 0 Å². The lowest BCUT2D eigenvalue weighted by atomic mass is 9.85. The lowest BCUT2D eigenvalue weighted by Crippen LogP contribution is -2.44. The van der Waals surface area contributed by atoms with E-state index in [9.17, 15) is 27.6 Å². The second kappa shape index (κ2) is 6.97. The molecule has 1 aliphatic carbocycles. The molecule has 0 spiro atoms. The molecule has 1 saturated carbocycles. The molecule has 0 bridgehead atoms. The zero-order valence-corrected chi connectivity index (χ0v) is 13.8. The van der Waals surface area contributed by atoms with Gasteiger partial charge in [-0.1, -0.05) is 18.6 Å². The van der Waals surface area contributed by atoms with E-state index < -0.39 is 35.3 Å². The van der Waals surface area contributed by atoms with Crippen LogP contribution in [0.4, 0.5) is 13.2 Å². The van der Waals surface area contributed by atoms with Gasteiger partial charge >= 0.3 is 11.9 Å². The maximum absolute atomic E-state index is 12.9. The van der Waals surface area contributed by atoms with Gasteiger partial charge in [0, 0.05) is 6.04 Å². The van der Waals surface area contributed by atoms with E-state index in [1.165, 1.54) is 6.07 Å². The Morgan fingerprint density at radius 1 is 1.23 bits per heavy atom. The van der Waals surface area contributed by atoms with E-state index in [0.29, 0.717) is 18.4 Å². The summed E-state index contributed by atoms with van der Waals surface area (Å²) in [6.45, 7) is -0.372. The minimum absolute atomic E-state index is 0.0693. The van der Waals surface area contributed by atoms with Gasteiger partial charge in [0.2, 0.25) is 5.91 Å². The largest absolute Gasteiger partial charge is 0.391 e. The van der Waals surface area contributed by atoms with E-state index >= 15 is 0 Å². The average Bonchev–Trinajstić information content (AvgIpc) is 2.58. The Morgan fingerprint density at radius 2 is 1.96 bits per heavy atom. The van der Waals surface area contributed by atoms with Gasteiger partial charge in [0.15, 0.2) is 0 Å². The number of halogens is 3. The summed E-state index contributed by atoms with van der Waals surface area (Å²) in [5.74, 6) is -1.98. The van der Waals surface area contributed by atoms with Gasteiger partial charge in [-0.25, -0.2) is 4.79 Å². The molecule has 0 aliphatic heterocycles. The molecule has 0 radical (unpaired) electrons. The maximum atomic E-state index is 12.9. The number of rotatable bonds is 3. The van der Waals surface area contributed by atoms with E-state index in [4.69, 9.17) is 0 Å². The summed E-state index contributed by atoms with van der Waals surface area (Å²) in [7, 11) is 0. The fourth-order valence-electron chi connectivity index (χ4n) is 3.43. The Labute approximate surface area is 146 Å². The van der Waals surface area contributed by atoms with E-state index in [0.717, 1.165) is 4.57 Å². The Bertz CT molecular complexity index is 932. The Hall–Kier alpha value is -2.58. The number of hydrogen-bond acceptors (Lipinski definition) is 3. The van der Waals surface area contributed by atoms with Gasteiger partial charge in [-0.3, -0.25) is 19.1 Å². The van der Waals surface area contributed by atoms with Crippen molar-refractivity contribution in [1.82, 2.24) is 14.9 Å². The molecule has 1 amide bonds. The third-order valence-electron chi connectivity index (χ3n) is 4.71. The standard InChI is InChI=1S/C17H18F3N3O3/c18-17(19,20)10-4-3-5-11(8-10)21-14(24)9-23-13-7-2-1-6-12(13)15(25)22-16(23)26/h1-2,6-7,10-11H,3-5,8-9H2,(H,21,24)(H,22,25,26)/t10-,11+/m0/s1. The molecule has 2 atom stereocenters. The summed E-state index contributed by atoms with van der Waals surface area (Å²) in [4.78, 5) is 38.3. The molecule has 1 aliphatic rings. The third kappa shape index (κ3) is 3.81. The lowest BCUT2D eigenvalue weighted by molar-refractivity contribution is -0.184. The second-order valence-corrected chi connectivity index (χ2v) is 6.53. The number of aromatic nitrogens is 2. The Kier molecular flexibility index (Phi) is 4.88. The van der Waals surface area contributed by atoms with Crippen LogP contribution >= 0.6 is 0 Å². The molecule has 140 valence electrons. The monoisotopic (exact) mass is 369 g/mol. The first-order valence-electron chi connectivity index (χ1n) is 8.33. The molecule has 2 N–H and O–H groups in total. The lowest BCUT2D eigenvalue weighted by Gasteiger charge is -2.31. The van der Waals surface area contributed by atoms with E-state index in [1.807, 2.05) is 0 Å². The molecule has 9 heteroatoms. The highest BCUT2D eigenvalue weighted by atomic mass is 19.4. The smallest absolute Gasteiger partial charge is 0.352 e. The van der Waals surface area contributed by atoms with Crippen LogP contribution in [0.1, 0.15) is 25.7 Å². The van der Waals surface area contributed by atoms with Crippen molar-refractivity contribution >= 4 is 16.8 Å². The quantitative estimate of drug-likeness (QED) is 0.867. The fourth-order valence-corrected chi connectivity index (χ4v) is 3.43. The van der Waals surface area contributed by atoms with Crippen molar-refractivity contribution in [2.45, 2.75) is 44.4 Å². The van der Waals surface area contributed by atoms with Crippen molar-refractivity contribution in [2.75, 3.05) is 0 Å². The molecule has 6 nitrogen and oxygen atoms in total. The van der Waals surface area contributed by atoms with Gasteiger partial charge in [0.05, 0.1) is 16.8 Å². The molecule has 1 heterocycles. The van der Waals surface area contributed by atoms with Crippen molar-refractivity contribution in [1.29, 1.82) is 0 Å². The van der Waals surface area contributed by atoms with Crippen LogP contribution in [-0.2, 0) is 11.3 Å². The Morgan fingerprint density at radius 3 is 2.69 bits per heavy atom. The SMILES string of the molecule is O=C(Cn1c(=O)[nH]c(=O)c2ccccc21)N[C@@H]1CCC[C@H](C(F)(F)F)C1. The van der Waals surface area contributed by atoms with Crippen molar-refractivity contribution < 1.29 is 18.0 Å². The number of carbonyl (C=O) groups excluding carboxylic acids is 1. The summed E-state index contributed by atoms with van der Waals surface area (Å²) in [5, 5.41) is 2.84. The highest BCUT2D eigenvalue weighted by Gasteiger charge is 2.42. The van der Waals surface area contributed by atoms with Crippen molar-refractivity contribution in [3.05, 3.63) is 45.1 Å². The molecule has 1 aromatic heterocycles. The average molecular weight is 369 g/mol. The topological polar surface area (TPSA) is 84.0 Å². The van der Waals surface area contributed by atoms with E-state index in [2.05, 4.69) is 10.3 Å². The maximum Gasteiger partial charge on any atom is 0.391 e. The molecule has 1 aromatic carbocycles. The first-order chi connectivity index (χ1) is 12.3. The van der Waals surface area contributed by atoms with Gasteiger partial charge in [-0.15, -0.1) is 0 Å². The summed E-state index contributed by atoms with van der Waals surface area (Å²) in [6, 6.07) is 5.75. The van der Waals surface area contributed by atoms with Gasteiger partial charge < -0.3 is 5.32 Å². The zero-order chi connectivity index (χ0) is 18.9. The summed E-state index contributed by atoms with van der Waals surface area (Å²) >= 11 is 0.